The highest BCUT2D eigenvalue weighted by atomic mass is 31.2. The largest absolute Gasteiger partial charge is 0.472 e. The second kappa shape index (κ2) is 15.2. The van der Waals surface area contributed by atoms with Crippen LogP contribution in [0.15, 0.2) is 0 Å². The minimum absolute atomic E-state index is 0. The topological polar surface area (TPSA) is 55.8 Å². The van der Waals surface area contributed by atoms with Crippen LogP contribution in [0.4, 0.5) is 0 Å². The van der Waals surface area contributed by atoms with Crippen LogP contribution in [0.2, 0.25) is 0 Å². The molecule has 6 heteroatoms. The van der Waals surface area contributed by atoms with E-state index in [0.717, 1.165) is 51.4 Å². The Bertz CT molecular complexity index is 265. The molecule has 0 aromatic heterocycles. The molecule has 0 aliphatic carbocycles. The van der Waals surface area contributed by atoms with Crippen LogP contribution in [-0.2, 0) is 13.6 Å². The fourth-order valence-electron chi connectivity index (χ4n) is 2.23. The Balaban J connectivity index is 0. The van der Waals surface area contributed by atoms with Gasteiger partial charge in [-0.05, 0) is 24.7 Å². The summed E-state index contributed by atoms with van der Waals surface area (Å²) in [4.78, 5) is 9.77. The van der Waals surface area contributed by atoms with Gasteiger partial charge in [-0.2, -0.15) is 0 Å². The smallest absolute Gasteiger partial charge is 0.302 e. The molecule has 0 heterocycles. The molecule has 0 aromatic carbocycles. The first-order chi connectivity index (χ1) is 9.99. The van der Waals surface area contributed by atoms with Crippen molar-refractivity contribution in [1.29, 1.82) is 0 Å². The summed E-state index contributed by atoms with van der Waals surface area (Å²) in [6, 6.07) is 0. The van der Waals surface area contributed by atoms with Gasteiger partial charge >= 0.3 is 7.82 Å². The Kier molecular flexibility index (Phi) is 17.2. The molecule has 0 aliphatic heterocycles. The molecule has 22 heavy (non-hydrogen) atoms. The van der Waals surface area contributed by atoms with Crippen LogP contribution in [0.25, 0.3) is 0 Å². The fraction of sp³-hybridized carbons (Fsp3) is 1.00. The second-order valence-electron chi connectivity index (χ2n) is 5.89. The average molecular weight is 352 g/mol. The van der Waals surface area contributed by atoms with Crippen LogP contribution >= 0.6 is 7.82 Å². The van der Waals surface area contributed by atoms with Crippen LogP contribution in [0.3, 0.4) is 0 Å². The van der Waals surface area contributed by atoms with E-state index in [0.29, 0.717) is 25.0 Å². The molecule has 0 saturated carbocycles. The predicted molar refractivity (Wildman–Crippen MR) is 98.3 cm³/mol. The molecule has 2 unspecified atom stereocenters. The van der Waals surface area contributed by atoms with Gasteiger partial charge in [0.15, 0.2) is 17.4 Å². The highest BCUT2D eigenvalue weighted by Gasteiger charge is 2.24. The number of hydrogen-bond acceptors (Lipinski definition) is 3. The summed E-state index contributed by atoms with van der Waals surface area (Å²) in [6.45, 7) is 9.10. The van der Waals surface area contributed by atoms with Crippen molar-refractivity contribution in [1.82, 2.24) is 0 Å². The summed E-state index contributed by atoms with van der Waals surface area (Å²) in [5.41, 5.74) is 0. The molecule has 0 amide bonds. The summed E-state index contributed by atoms with van der Waals surface area (Å²) in [7, 11) is -3.89. The van der Waals surface area contributed by atoms with Gasteiger partial charge in [-0.3, -0.25) is 9.05 Å². The van der Waals surface area contributed by atoms with Crippen molar-refractivity contribution in [3.63, 3.8) is 0 Å². The van der Waals surface area contributed by atoms with Crippen LogP contribution < -0.4 is 0 Å². The number of phosphoric ester groups is 1. The van der Waals surface area contributed by atoms with Gasteiger partial charge in [0.1, 0.15) is 0 Å². The quantitative estimate of drug-likeness (QED) is 0.373. The number of rotatable bonds is 14. The van der Waals surface area contributed by atoms with Gasteiger partial charge in [-0.15, -0.1) is 0 Å². The molecule has 4 nitrogen and oxygen atoms in total. The maximum absolute atomic E-state index is 11.9. The first kappa shape index (κ1) is 24.9. The van der Waals surface area contributed by atoms with E-state index in [9.17, 15) is 9.46 Å². The molecular formula is C16H38AlO4P. The minimum Gasteiger partial charge on any atom is -0.302 e. The van der Waals surface area contributed by atoms with Crippen molar-refractivity contribution in [2.75, 3.05) is 13.2 Å². The van der Waals surface area contributed by atoms with E-state index < -0.39 is 7.82 Å². The van der Waals surface area contributed by atoms with Crippen LogP contribution in [0.1, 0.15) is 79.1 Å². The summed E-state index contributed by atoms with van der Waals surface area (Å²) in [5, 5.41) is 0. The Morgan fingerprint density at radius 3 is 1.50 bits per heavy atom. The third-order valence-electron chi connectivity index (χ3n) is 4.03. The Morgan fingerprint density at radius 1 is 0.864 bits per heavy atom. The first-order valence-corrected chi connectivity index (χ1v) is 10.1. The monoisotopic (exact) mass is 352 g/mol. The predicted octanol–water partition coefficient (Wildman–Crippen LogP) is 4.37. The van der Waals surface area contributed by atoms with Gasteiger partial charge in [-0.1, -0.05) is 66.2 Å². The Morgan fingerprint density at radius 2 is 1.23 bits per heavy atom. The average Bonchev–Trinajstić information content (AvgIpc) is 2.47. The standard InChI is InChI=1S/C16H35O4P.Al.3H/c1-5-9-11-15(7-3)13-19-21(17,18)20-14-16(8-4)12-10-6-2;;;;/h15-16H,5-14H2,1-4H3,(H,17,18);;;;. The van der Waals surface area contributed by atoms with E-state index >= 15 is 0 Å². The molecule has 1 N–H and O–H groups in total. The second-order valence-corrected chi connectivity index (χ2v) is 7.35. The van der Waals surface area contributed by atoms with Gasteiger partial charge < -0.3 is 4.89 Å². The summed E-state index contributed by atoms with van der Waals surface area (Å²) in [6.07, 6.45) is 8.56. The van der Waals surface area contributed by atoms with E-state index in [1.54, 1.807) is 0 Å². The first-order valence-electron chi connectivity index (χ1n) is 8.60. The van der Waals surface area contributed by atoms with Crippen molar-refractivity contribution in [3.05, 3.63) is 0 Å². The lowest BCUT2D eigenvalue weighted by Gasteiger charge is -2.20. The molecule has 0 radical (unpaired) electrons. The summed E-state index contributed by atoms with van der Waals surface area (Å²) < 4.78 is 22.2. The lowest BCUT2D eigenvalue weighted by molar-refractivity contribution is 0.110. The molecule has 0 spiro atoms. The molecule has 0 aromatic rings. The molecule has 0 rings (SSSR count). The van der Waals surface area contributed by atoms with E-state index in [1.165, 1.54) is 0 Å². The van der Waals surface area contributed by atoms with Crippen LogP contribution in [-0.4, -0.2) is 35.5 Å². The number of phosphoric acid groups is 1. The van der Waals surface area contributed by atoms with Crippen molar-refractivity contribution in [2.24, 2.45) is 11.8 Å². The lowest BCUT2D eigenvalue weighted by Crippen LogP contribution is -2.12. The maximum atomic E-state index is 11.9. The molecule has 134 valence electrons. The minimum atomic E-state index is -3.89. The zero-order chi connectivity index (χ0) is 16.1. The molecule has 0 aliphatic rings. The van der Waals surface area contributed by atoms with E-state index in [2.05, 4.69) is 27.7 Å². The highest BCUT2D eigenvalue weighted by molar-refractivity contribution is 7.47. The van der Waals surface area contributed by atoms with Gasteiger partial charge in [0.05, 0.1) is 13.2 Å². The van der Waals surface area contributed by atoms with Gasteiger partial charge in [-0.25, -0.2) is 4.57 Å². The van der Waals surface area contributed by atoms with Crippen molar-refractivity contribution in [3.8, 4) is 0 Å². The lowest BCUT2D eigenvalue weighted by atomic mass is 10.0. The highest BCUT2D eigenvalue weighted by Crippen LogP contribution is 2.44. The molecule has 2 atom stereocenters. The van der Waals surface area contributed by atoms with Crippen LogP contribution in [0.5, 0.6) is 0 Å². The summed E-state index contributed by atoms with van der Waals surface area (Å²) in [5.74, 6) is 0.687. The Labute approximate surface area is 148 Å². The molecule has 0 saturated heterocycles. The third-order valence-corrected chi connectivity index (χ3v) is 4.98. The molecule has 0 bridgehead atoms. The molecular weight excluding hydrogens is 314 g/mol. The zero-order valence-corrected chi connectivity index (χ0v) is 15.2. The third kappa shape index (κ3) is 13.1. The van der Waals surface area contributed by atoms with Gasteiger partial charge in [0, 0.05) is 0 Å². The molecule has 0 fully saturated rings. The Hall–Kier alpha value is 0.642. The van der Waals surface area contributed by atoms with Crippen LogP contribution in [0, 0.1) is 11.8 Å². The van der Waals surface area contributed by atoms with E-state index in [4.69, 9.17) is 9.05 Å². The number of unbranched alkanes of at least 4 members (excludes halogenated alkanes) is 2. The van der Waals surface area contributed by atoms with Crippen molar-refractivity contribution >= 4 is 25.2 Å². The van der Waals surface area contributed by atoms with Crippen molar-refractivity contribution in [2.45, 2.75) is 79.1 Å². The van der Waals surface area contributed by atoms with Crippen molar-refractivity contribution < 1.29 is 18.5 Å². The van der Waals surface area contributed by atoms with E-state index in [1.807, 2.05) is 0 Å². The van der Waals surface area contributed by atoms with Gasteiger partial charge in [0.25, 0.3) is 0 Å². The maximum Gasteiger partial charge on any atom is 0.472 e. The zero-order valence-electron chi connectivity index (χ0n) is 14.3. The normalized spacial score (nSPS) is 16.6. The fourth-order valence-corrected chi connectivity index (χ4v) is 3.11. The SMILES string of the molecule is CCCCC(CC)COP(=O)(O)OCC(CC)CCCC.[AlH3]. The number of hydrogen-bond donors (Lipinski definition) is 1. The summed E-state index contributed by atoms with van der Waals surface area (Å²) >= 11 is 0. The van der Waals surface area contributed by atoms with Gasteiger partial charge in [0.2, 0.25) is 0 Å². The van der Waals surface area contributed by atoms with E-state index in [-0.39, 0.29) is 17.4 Å².